The summed E-state index contributed by atoms with van der Waals surface area (Å²) in [4.78, 5) is 11.9. The summed E-state index contributed by atoms with van der Waals surface area (Å²) in [6, 6.07) is 7.94. The number of anilines is 1. The van der Waals surface area contributed by atoms with E-state index >= 15 is 0 Å². The van der Waals surface area contributed by atoms with Crippen molar-refractivity contribution in [2.45, 2.75) is 6.54 Å². The van der Waals surface area contributed by atoms with Gasteiger partial charge in [0.2, 0.25) is 0 Å². The molecule has 0 bridgehead atoms. The average molecular weight is 297 g/mol. The second kappa shape index (κ2) is 5.88. The summed E-state index contributed by atoms with van der Waals surface area (Å²) in [5, 5.41) is 2.86. The predicted molar refractivity (Wildman–Crippen MR) is 73.4 cm³/mol. The molecule has 0 saturated carbocycles. The largest absolute Gasteiger partial charge is 0.398 e. The molecule has 0 spiro atoms. The number of benzene rings is 2. The molecule has 0 aliphatic heterocycles. The highest BCUT2D eigenvalue weighted by molar-refractivity contribution is 6.33. The third-order valence-corrected chi connectivity index (χ3v) is 3.03. The fourth-order valence-corrected chi connectivity index (χ4v) is 1.78. The number of hydrogen-bond acceptors (Lipinski definition) is 2. The van der Waals surface area contributed by atoms with E-state index in [1.165, 1.54) is 24.3 Å². The van der Waals surface area contributed by atoms with Gasteiger partial charge in [-0.2, -0.15) is 0 Å². The van der Waals surface area contributed by atoms with Crippen molar-refractivity contribution in [2.24, 2.45) is 0 Å². The molecule has 3 N–H and O–H groups in total. The third-order valence-electron chi connectivity index (χ3n) is 2.70. The van der Waals surface area contributed by atoms with Crippen LogP contribution in [0.3, 0.4) is 0 Å². The van der Waals surface area contributed by atoms with E-state index in [9.17, 15) is 13.6 Å². The van der Waals surface area contributed by atoms with E-state index in [0.717, 1.165) is 12.1 Å². The number of nitrogen functional groups attached to an aromatic ring is 1. The first kappa shape index (κ1) is 14.3. The number of rotatable bonds is 3. The fraction of sp³-hybridized carbons (Fsp3) is 0.0714. The molecule has 20 heavy (non-hydrogen) atoms. The summed E-state index contributed by atoms with van der Waals surface area (Å²) in [6.07, 6.45) is 0. The molecule has 0 aliphatic rings. The van der Waals surface area contributed by atoms with Crippen LogP contribution in [0.5, 0.6) is 0 Å². The quantitative estimate of drug-likeness (QED) is 0.855. The molecule has 2 aromatic rings. The smallest absolute Gasteiger partial charge is 0.251 e. The molecule has 6 heteroatoms. The van der Waals surface area contributed by atoms with E-state index in [1.54, 1.807) is 0 Å². The Hall–Kier alpha value is -2.14. The molecular weight excluding hydrogens is 286 g/mol. The molecule has 0 saturated heterocycles. The standard InChI is InChI=1S/C14H11ClF2N2O/c15-10-6-9(2-4-13(10)18)14(20)19-7-8-1-3-11(16)12(17)5-8/h1-6H,7,18H2,(H,19,20). The minimum Gasteiger partial charge on any atom is -0.398 e. The van der Waals surface area contributed by atoms with Crippen LogP contribution in [0.2, 0.25) is 5.02 Å². The van der Waals surface area contributed by atoms with Crippen molar-refractivity contribution in [3.05, 3.63) is 64.2 Å². The Morgan fingerprint density at radius 2 is 1.90 bits per heavy atom. The number of hydrogen-bond donors (Lipinski definition) is 2. The van der Waals surface area contributed by atoms with Gasteiger partial charge >= 0.3 is 0 Å². The van der Waals surface area contributed by atoms with E-state index in [2.05, 4.69) is 5.32 Å². The number of nitrogens with one attached hydrogen (secondary N) is 1. The molecule has 3 nitrogen and oxygen atoms in total. The van der Waals surface area contributed by atoms with E-state index in [-0.39, 0.29) is 17.5 Å². The zero-order chi connectivity index (χ0) is 14.7. The molecular formula is C14H11ClF2N2O. The normalized spacial score (nSPS) is 10.3. The summed E-state index contributed by atoms with van der Waals surface area (Å²) in [7, 11) is 0. The van der Waals surface area contributed by atoms with E-state index in [4.69, 9.17) is 17.3 Å². The zero-order valence-electron chi connectivity index (χ0n) is 10.3. The lowest BCUT2D eigenvalue weighted by Crippen LogP contribution is -2.22. The van der Waals surface area contributed by atoms with Crippen LogP contribution in [-0.2, 0) is 6.54 Å². The summed E-state index contributed by atoms with van der Waals surface area (Å²) >= 11 is 5.82. The van der Waals surface area contributed by atoms with Crippen molar-refractivity contribution in [1.82, 2.24) is 5.32 Å². The van der Waals surface area contributed by atoms with Crippen LogP contribution < -0.4 is 11.1 Å². The van der Waals surface area contributed by atoms with Crippen molar-refractivity contribution in [3.8, 4) is 0 Å². The van der Waals surface area contributed by atoms with E-state index in [1.807, 2.05) is 0 Å². The van der Waals surface area contributed by atoms with Gasteiger partial charge in [-0.1, -0.05) is 17.7 Å². The first-order chi connectivity index (χ1) is 9.47. The van der Waals surface area contributed by atoms with Gasteiger partial charge in [0.25, 0.3) is 5.91 Å². The third kappa shape index (κ3) is 3.24. The average Bonchev–Trinajstić information content (AvgIpc) is 2.43. The molecule has 0 aliphatic carbocycles. The van der Waals surface area contributed by atoms with Crippen LogP contribution in [-0.4, -0.2) is 5.91 Å². The molecule has 0 aromatic heterocycles. The maximum absolute atomic E-state index is 13.0. The number of amides is 1. The SMILES string of the molecule is Nc1ccc(C(=O)NCc2ccc(F)c(F)c2)cc1Cl. The van der Waals surface area contributed by atoms with Gasteiger partial charge in [0.1, 0.15) is 0 Å². The first-order valence-electron chi connectivity index (χ1n) is 5.74. The zero-order valence-corrected chi connectivity index (χ0v) is 11.0. The number of nitrogens with two attached hydrogens (primary N) is 1. The second-order valence-corrected chi connectivity index (χ2v) is 4.57. The van der Waals surface area contributed by atoms with Crippen LogP contribution >= 0.6 is 11.6 Å². The number of carbonyl (C=O) groups excluding carboxylic acids is 1. The Bertz CT molecular complexity index is 662. The highest BCUT2D eigenvalue weighted by Crippen LogP contribution is 2.19. The lowest BCUT2D eigenvalue weighted by atomic mass is 10.1. The molecule has 2 rings (SSSR count). The molecule has 1 amide bonds. The molecule has 104 valence electrons. The Morgan fingerprint density at radius 1 is 1.15 bits per heavy atom. The minimum atomic E-state index is -0.952. The van der Waals surface area contributed by atoms with Crippen molar-refractivity contribution >= 4 is 23.2 Å². The lowest BCUT2D eigenvalue weighted by molar-refractivity contribution is 0.0951. The van der Waals surface area contributed by atoms with Crippen molar-refractivity contribution in [2.75, 3.05) is 5.73 Å². The van der Waals surface area contributed by atoms with Gasteiger partial charge < -0.3 is 11.1 Å². The van der Waals surface area contributed by atoms with Crippen LogP contribution in [0.15, 0.2) is 36.4 Å². The maximum Gasteiger partial charge on any atom is 0.251 e. The molecule has 0 atom stereocenters. The highest BCUT2D eigenvalue weighted by Gasteiger charge is 2.08. The number of halogens is 3. The van der Waals surface area contributed by atoms with Crippen LogP contribution in [0, 0.1) is 11.6 Å². The van der Waals surface area contributed by atoms with Crippen LogP contribution in [0.1, 0.15) is 15.9 Å². The van der Waals surface area contributed by atoms with Gasteiger partial charge in [0, 0.05) is 12.1 Å². The second-order valence-electron chi connectivity index (χ2n) is 4.17. The van der Waals surface area contributed by atoms with E-state index < -0.39 is 11.6 Å². The Labute approximate surface area is 119 Å². The highest BCUT2D eigenvalue weighted by atomic mass is 35.5. The Kier molecular flexibility index (Phi) is 4.20. The van der Waals surface area contributed by atoms with Gasteiger partial charge in [-0.05, 0) is 35.9 Å². The van der Waals surface area contributed by atoms with Gasteiger partial charge in [0.05, 0.1) is 10.7 Å². The van der Waals surface area contributed by atoms with Crippen molar-refractivity contribution in [1.29, 1.82) is 0 Å². The molecule has 0 heterocycles. The van der Waals surface area contributed by atoms with Crippen LogP contribution in [0.4, 0.5) is 14.5 Å². The van der Waals surface area contributed by atoms with Gasteiger partial charge in [-0.25, -0.2) is 8.78 Å². The summed E-state index contributed by atoms with van der Waals surface area (Å²) in [5.74, 6) is -2.26. The molecule has 0 unspecified atom stereocenters. The Morgan fingerprint density at radius 3 is 2.55 bits per heavy atom. The monoisotopic (exact) mass is 296 g/mol. The fourth-order valence-electron chi connectivity index (χ4n) is 1.60. The van der Waals surface area contributed by atoms with E-state index in [0.29, 0.717) is 16.8 Å². The maximum atomic E-state index is 13.0. The summed E-state index contributed by atoms with van der Waals surface area (Å²) in [5.41, 5.74) is 6.72. The van der Waals surface area contributed by atoms with Crippen LogP contribution in [0.25, 0.3) is 0 Å². The molecule has 2 aromatic carbocycles. The van der Waals surface area contributed by atoms with Gasteiger partial charge in [0.15, 0.2) is 11.6 Å². The summed E-state index contributed by atoms with van der Waals surface area (Å²) < 4.78 is 25.8. The lowest BCUT2D eigenvalue weighted by Gasteiger charge is -2.07. The van der Waals surface area contributed by atoms with Gasteiger partial charge in [-0.3, -0.25) is 4.79 Å². The predicted octanol–water partition coefficient (Wildman–Crippen LogP) is 3.13. The van der Waals surface area contributed by atoms with Gasteiger partial charge in [-0.15, -0.1) is 0 Å². The first-order valence-corrected chi connectivity index (χ1v) is 6.12. The summed E-state index contributed by atoms with van der Waals surface area (Å²) in [6.45, 7) is 0.0814. The van der Waals surface area contributed by atoms with Crippen molar-refractivity contribution in [3.63, 3.8) is 0 Å². The van der Waals surface area contributed by atoms with Crippen molar-refractivity contribution < 1.29 is 13.6 Å². The topological polar surface area (TPSA) is 55.1 Å². The Balaban J connectivity index is 2.04. The minimum absolute atomic E-state index is 0.0814. The molecule has 0 fully saturated rings. The molecule has 0 radical (unpaired) electrons. The number of carbonyl (C=O) groups is 1.